The Labute approximate surface area is 234 Å². The van der Waals surface area contributed by atoms with E-state index in [1.807, 2.05) is 39.8 Å². The minimum Gasteiger partial charge on any atom is -0.493 e. The van der Waals surface area contributed by atoms with Crippen LogP contribution in [0.1, 0.15) is 51.6 Å². The lowest BCUT2D eigenvalue weighted by Crippen LogP contribution is -2.31. The summed E-state index contributed by atoms with van der Waals surface area (Å²) >= 11 is 0. The molecule has 40 heavy (non-hydrogen) atoms. The van der Waals surface area contributed by atoms with Gasteiger partial charge in [-0.2, -0.15) is 0 Å². The van der Waals surface area contributed by atoms with Gasteiger partial charge >= 0.3 is 5.97 Å². The van der Waals surface area contributed by atoms with Gasteiger partial charge in [0.15, 0.2) is 0 Å². The molecule has 2 aliphatic rings. The molecule has 4 heterocycles. The molecule has 2 aliphatic heterocycles. The normalized spacial score (nSPS) is 14.3. The number of aliphatic carboxylic acids is 1. The highest BCUT2D eigenvalue weighted by molar-refractivity contribution is 5.90. The van der Waals surface area contributed by atoms with E-state index in [1.165, 1.54) is 16.7 Å². The van der Waals surface area contributed by atoms with E-state index in [0.29, 0.717) is 0 Å². The number of carboxylic acids is 1. The van der Waals surface area contributed by atoms with Crippen LogP contribution in [-0.2, 0) is 30.6 Å². The number of nitrogens with zero attached hydrogens (tertiary/aromatic N) is 4. The monoisotopic (exact) mass is 534 g/mol. The first-order valence-corrected chi connectivity index (χ1v) is 13.9. The van der Waals surface area contributed by atoms with Crippen LogP contribution in [0.3, 0.4) is 0 Å². The number of pyridine rings is 1. The number of anilines is 1. The van der Waals surface area contributed by atoms with E-state index in [2.05, 4.69) is 45.2 Å². The van der Waals surface area contributed by atoms with E-state index >= 15 is 0 Å². The predicted octanol–water partition coefficient (Wildman–Crippen LogP) is 5.95. The Kier molecular flexibility index (Phi) is 6.74. The number of ether oxygens (including phenoxy) is 1. The van der Waals surface area contributed by atoms with E-state index in [9.17, 15) is 9.90 Å². The van der Waals surface area contributed by atoms with Gasteiger partial charge in [0.25, 0.3) is 0 Å². The van der Waals surface area contributed by atoms with Crippen molar-refractivity contribution in [3.8, 4) is 28.0 Å². The molecule has 0 radical (unpaired) electrons. The number of rotatable bonds is 5. The van der Waals surface area contributed by atoms with Crippen LogP contribution in [0.4, 0.5) is 5.82 Å². The molecule has 0 saturated carbocycles. The quantitative estimate of drug-likeness (QED) is 0.338. The minimum atomic E-state index is -0.858. The van der Waals surface area contributed by atoms with Crippen LogP contribution < -0.4 is 9.64 Å². The summed E-state index contributed by atoms with van der Waals surface area (Å²) in [7, 11) is 0. The number of aromatic nitrogens is 3. The summed E-state index contributed by atoms with van der Waals surface area (Å²) < 4.78 is 5.87. The zero-order valence-corrected chi connectivity index (χ0v) is 23.5. The molecule has 4 aromatic rings. The van der Waals surface area contributed by atoms with Gasteiger partial charge < -0.3 is 14.7 Å². The lowest BCUT2D eigenvalue weighted by molar-refractivity contribution is -0.136. The Balaban J connectivity index is 1.45. The van der Waals surface area contributed by atoms with Crippen molar-refractivity contribution in [3.05, 3.63) is 87.6 Å². The molecule has 204 valence electrons. The third-order valence-electron chi connectivity index (χ3n) is 7.99. The second kappa shape index (κ2) is 10.4. The Morgan fingerprint density at radius 2 is 1.65 bits per heavy atom. The van der Waals surface area contributed by atoms with Crippen molar-refractivity contribution in [3.63, 3.8) is 0 Å². The molecule has 6 rings (SSSR count). The van der Waals surface area contributed by atoms with Gasteiger partial charge in [-0.3, -0.25) is 9.78 Å². The van der Waals surface area contributed by atoms with Gasteiger partial charge in [-0.25, -0.2) is 9.97 Å². The van der Waals surface area contributed by atoms with Crippen LogP contribution in [0.15, 0.2) is 42.5 Å². The molecule has 0 bridgehead atoms. The summed E-state index contributed by atoms with van der Waals surface area (Å²) in [6, 6.07) is 15.0. The van der Waals surface area contributed by atoms with Gasteiger partial charge in [-0.05, 0) is 98.0 Å². The fraction of sp³-hybridized carbons (Fsp3) is 0.333. The van der Waals surface area contributed by atoms with Crippen molar-refractivity contribution in [1.29, 1.82) is 0 Å². The smallest absolute Gasteiger partial charge is 0.307 e. The lowest BCUT2D eigenvalue weighted by atomic mass is 9.85. The molecule has 0 atom stereocenters. The number of carbonyl (C=O) groups is 1. The van der Waals surface area contributed by atoms with E-state index < -0.39 is 5.97 Å². The fourth-order valence-electron chi connectivity index (χ4n) is 6.21. The SMILES string of the molecule is Cc1cc(N2CCc3cc(-c4c(C)nc(C)c(CC(=O)O)c4-c4ccc5c(c4)CCCO5)ccc3C2)nc(C)n1. The molecule has 1 N–H and O–H groups in total. The van der Waals surface area contributed by atoms with Crippen LogP contribution in [0.25, 0.3) is 22.3 Å². The van der Waals surface area contributed by atoms with Crippen LogP contribution in [0.5, 0.6) is 5.75 Å². The molecule has 2 aromatic heterocycles. The molecule has 0 aliphatic carbocycles. The average molecular weight is 535 g/mol. The van der Waals surface area contributed by atoms with Crippen molar-refractivity contribution in [2.45, 2.75) is 59.9 Å². The fourth-order valence-corrected chi connectivity index (χ4v) is 6.21. The van der Waals surface area contributed by atoms with Gasteiger partial charge in [0.2, 0.25) is 0 Å². The summed E-state index contributed by atoms with van der Waals surface area (Å²) in [5, 5.41) is 9.84. The first-order valence-electron chi connectivity index (χ1n) is 13.9. The van der Waals surface area contributed by atoms with Gasteiger partial charge in [-0.1, -0.05) is 24.3 Å². The second-order valence-corrected chi connectivity index (χ2v) is 10.9. The van der Waals surface area contributed by atoms with E-state index in [-0.39, 0.29) is 6.42 Å². The third-order valence-corrected chi connectivity index (χ3v) is 7.99. The van der Waals surface area contributed by atoms with Gasteiger partial charge in [-0.15, -0.1) is 0 Å². The number of benzene rings is 2. The number of carboxylic acid groups (broad SMARTS) is 1. The van der Waals surface area contributed by atoms with Crippen molar-refractivity contribution in [2.75, 3.05) is 18.1 Å². The summed E-state index contributed by atoms with van der Waals surface area (Å²) in [4.78, 5) is 28.3. The first kappa shape index (κ1) is 26.0. The molecule has 7 heteroatoms. The predicted molar refractivity (Wildman–Crippen MR) is 156 cm³/mol. The largest absolute Gasteiger partial charge is 0.493 e. The molecule has 0 spiro atoms. The van der Waals surface area contributed by atoms with Crippen LogP contribution in [0.2, 0.25) is 0 Å². The molecule has 2 aromatic carbocycles. The maximum Gasteiger partial charge on any atom is 0.307 e. The van der Waals surface area contributed by atoms with E-state index in [0.717, 1.165) is 101 Å². The summed E-state index contributed by atoms with van der Waals surface area (Å²) in [6.45, 7) is 10.3. The Morgan fingerprint density at radius 1 is 0.875 bits per heavy atom. The Hall–Kier alpha value is -4.26. The molecule has 0 saturated heterocycles. The number of hydrogen-bond acceptors (Lipinski definition) is 6. The maximum atomic E-state index is 12.0. The second-order valence-electron chi connectivity index (χ2n) is 10.9. The Bertz CT molecular complexity index is 1630. The van der Waals surface area contributed by atoms with Crippen LogP contribution in [0, 0.1) is 27.7 Å². The third kappa shape index (κ3) is 4.92. The molecular weight excluding hydrogens is 500 g/mol. The van der Waals surface area contributed by atoms with Gasteiger partial charge in [0.1, 0.15) is 17.4 Å². The van der Waals surface area contributed by atoms with Crippen molar-refractivity contribution < 1.29 is 14.6 Å². The van der Waals surface area contributed by atoms with Crippen molar-refractivity contribution in [1.82, 2.24) is 15.0 Å². The summed E-state index contributed by atoms with van der Waals surface area (Å²) in [6.07, 6.45) is 2.76. The number of hydrogen-bond donors (Lipinski definition) is 1. The van der Waals surface area contributed by atoms with E-state index in [1.54, 1.807) is 0 Å². The molecular formula is C33H34N4O3. The average Bonchev–Trinajstić information content (AvgIpc) is 2.93. The summed E-state index contributed by atoms with van der Waals surface area (Å²) in [5.41, 5.74) is 11.2. The van der Waals surface area contributed by atoms with Crippen LogP contribution >= 0.6 is 0 Å². The molecule has 0 unspecified atom stereocenters. The van der Waals surface area contributed by atoms with Gasteiger partial charge in [0, 0.05) is 41.8 Å². The number of fused-ring (bicyclic) bond motifs is 2. The highest BCUT2D eigenvalue weighted by Gasteiger charge is 2.24. The number of aryl methyl sites for hydroxylation is 5. The standard InChI is InChI=1S/C33H34N4O3/c1-19-14-30(36-22(4)34-19)37-12-11-23-15-25(7-8-27(23)18-37)32-21(3)35-20(2)28(17-31(38)39)33(32)26-9-10-29-24(16-26)6-5-13-40-29/h7-10,14-16H,5-6,11-13,17-18H2,1-4H3,(H,38,39). The zero-order chi connectivity index (χ0) is 28.0. The molecule has 0 amide bonds. The highest BCUT2D eigenvalue weighted by atomic mass is 16.5. The highest BCUT2D eigenvalue weighted by Crippen LogP contribution is 2.41. The van der Waals surface area contributed by atoms with Crippen molar-refractivity contribution in [2.24, 2.45) is 0 Å². The minimum absolute atomic E-state index is 0.0767. The summed E-state index contributed by atoms with van der Waals surface area (Å²) in [5.74, 6) is 1.82. The lowest BCUT2D eigenvalue weighted by Gasteiger charge is -2.30. The Morgan fingerprint density at radius 3 is 2.45 bits per heavy atom. The first-order chi connectivity index (χ1) is 19.3. The molecule has 7 nitrogen and oxygen atoms in total. The van der Waals surface area contributed by atoms with Gasteiger partial charge in [0.05, 0.1) is 13.0 Å². The van der Waals surface area contributed by atoms with E-state index in [4.69, 9.17) is 9.72 Å². The molecule has 0 fully saturated rings. The zero-order valence-electron chi connectivity index (χ0n) is 23.5. The van der Waals surface area contributed by atoms with Crippen molar-refractivity contribution >= 4 is 11.8 Å². The maximum absolute atomic E-state index is 12.0. The van der Waals surface area contributed by atoms with Crippen LogP contribution in [-0.4, -0.2) is 39.2 Å². The topological polar surface area (TPSA) is 88.4 Å².